The SMILES string of the molecule is COC(C)C(=O)NC(C)C(N)=NO. The van der Waals surface area contributed by atoms with Gasteiger partial charge in [0.05, 0.1) is 6.04 Å². The zero-order chi connectivity index (χ0) is 10.4. The van der Waals surface area contributed by atoms with Gasteiger partial charge in [-0.15, -0.1) is 0 Å². The van der Waals surface area contributed by atoms with Gasteiger partial charge in [0, 0.05) is 7.11 Å². The molecule has 0 aliphatic rings. The lowest BCUT2D eigenvalue weighted by molar-refractivity contribution is -0.130. The smallest absolute Gasteiger partial charge is 0.249 e. The average molecular weight is 189 g/mol. The molecule has 0 saturated heterocycles. The number of oxime groups is 1. The van der Waals surface area contributed by atoms with Crippen molar-refractivity contribution >= 4 is 11.7 Å². The molecule has 0 aromatic rings. The molecule has 0 fully saturated rings. The summed E-state index contributed by atoms with van der Waals surface area (Å²) in [6.07, 6.45) is -0.547. The molecule has 0 saturated carbocycles. The Hall–Kier alpha value is -1.30. The first-order valence-corrected chi connectivity index (χ1v) is 3.83. The van der Waals surface area contributed by atoms with Crippen LogP contribution >= 0.6 is 0 Å². The predicted octanol–water partition coefficient (Wildman–Crippen LogP) is -0.728. The first-order valence-electron chi connectivity index (χ1n) is 3.83. The Bertz CT molecular complexity index is 205. The second kappa shape index (κ2) is 5.36. The quantitative estimate of drug-likeness (QED) is 0.235. The lowest BCUT2D eigenvalue weighted by Crippen LogP contribution is -2.46. The lowest BCUT2D eigenvalue weighted by Gasteiger charge is -2.15. The molecular weight excluding hydrogens is 174 g/mol. The molecule has 4 N–H and O–H groups in total. The van der Waals surface area contributed by atoms with Crippen LogP contribution in [0.4, 0.5) is 0 Å². The summed E-state index contributed by atoms with van der Waals surface area (Å²) in [5.41, 5.74) is 5.25. The molecule has 0 radical (unpaired) electrons. The molecule has 1 amide bonds. The maximum absolute atomic E-state index is 11.2. The van der Waals surface area contributed by atoms with Crippen molar-refractivity contribution in [2.75, 3.05) is 7.11 Å². The number of amides is 1. The fourth-order valence-electron chi connectivity index (χ4n) is 0.598. The van der Waals surface area contributed by atoms with E-state index in [1.807, 2.05) is 0 Å². The molecule has 0 rings (SSSR count). The first-order chi connectivity index (χ1) is 6.02. The maximum Gasteiger partial charge on any atom is 0.249 e. The molecule has 0 aromatic heterocycles. The van der Waals surface area contributed by atoms with Crippen molar-refractivity contribution in [1.82, 2.24) is 5.32 Å². The number of carbonyl (C=O) groups excluding carboxylic acids is 1. The zero-order valence-corrected chi connectivity index (χ0v) is 7.94. The molecule has 0 bridgehead atoms. The number of nitrogens with two attached hydrogens (primary N) is 1. The highest BCUT2D eigenvalue weighted by Gasteiger charge is 2.16. The second-order valence-electron chi connectivity index (χ2n) is 2.63. The summed E-state index contributed by atoms with van der Waals surface area (Å²) in [7, 11) is 1.43. The zero-order valence-electron chi connectivity index (χ0n) is 7.94. The van der Waals surface area contributed by atoms with Crippen LogP contribution in [0.2, 0.25) is 0 Å². The van der Waals surface area contributed by atoms with E-state index in [4.69, 9.17) is 15.7 Å². The average Bonchev–Trinajstić information content (AvgIpc) is 2.14. The van der Waals surface area contributed by atoms with E-state index in [0.29, 0.717) is 0 Å². The number of hydrogen-bond acceptors (Lipinski definition) is 4. The molecule has 6 nitrogen and oxygen atoms in total. The second-order valence-corrected chi connectivity index (χ2v) is 2.63. The van der Waals surface area contributed by atoms with E-state index in [-0.39, 0.29) is 11.7 Å². The molecule has 76 valence electrons. The minimum atomic E-state index is -0.547. The molecule has 0 aliphatic heterocycles. The number of carbonyl (C=O) groups is 1. The monoisotopic (exact) mass is 189 g/mol. The first kappa shape index (κ1) is 11.7. The maximum atomic E-state index is 11.2. The Morgan fingerprint density at radius 2 is 2.15 bits per heavy atom. The highest BCUT2D eigenvalue weighted by Crippen LogP contribution is 1.89. The number of nitrogens with one attached hydrogen (secondary N) is 1. The molecule has 2 atom stereocenters. The van der Waals surface area contributed by atoms with Gasteiger partial charge in [0.2, 0.25) is 5.91 Å². The van der Waals surface area contributed by atoms with Gasteiger partial charge in [0.25, 0.3) is 0 Å². The fraction of sp³-hybridized carbons (Fsp3) is 0.714. The van der Waals surface area contributed by atoms with Crippen LogP contribution in [0.3, 0.4) is 0 Å². The number of ether oxygens (including phenoxy) is 1. The van der Waals surface area contributed by atoms with Crippen LogP contribution in [0.25, 0.3) is 0 Å². The molecule has 6 heteroatoms. The minimum Gasteiger partial charge on any atom is -0.409 e. The number of nitrogens with zero attached hydrogens (tertiary/aromatic N) is 1. The van der Waals surface area contributed by atoms with Crippen LogP contribution in [-0.2, 0) is 9.53 Å². The molecule has 13 heavy (non-hydrogen) atoms. The van der Waals surface area contributed by atoms with E-state index in [2.05, 4.69) is 10.5 Å². The van der Waals surface area contributed by atoms with E-state index >= 15 is 0 Å². The Kier molecular flexibility index (Phi) is 4.83. The molecular formula is C7H15N3O3. The van der Waals surface area contributed by atoms with Gasteiger partial charge in [0.15, 0.2) is 5.84 Å². The van der Waals surface area contributed by atoms with Crippen LogP contribution in [0.5, 0.6) is 0 Å². The molecule has 2 unspecified atom stereocenters. The van der Waals surface area contributed by atoms with Crippen molar-refractivity contribution < 1.29 is 14.7 Å². The normalized spacial score (nSPS) is 16.4. The van der Waals surface area contributed by atoms with Crippen LogP contribution < -0.4 is 11.1 Å². The van der Waals surface area contributed by atoms with E-state index in [1.54, 1.807) is 13.8 Å². The summed E-state index contributed by atoms with van der Waals surface area (Å²) in [5.74, 6) is -0.349. The Morgan fingerprint density at radius 3 is 2.54 bits per heavy atom. The highest BCUT2D eigenvalue weighted by atomic mass is 16.5. The van der Waals surface area contributed by atoms with Crippen molar-refractivity contribution in [2.24, 2.45) is 10.9 Å². The summed E-state index contributed by atoms with van der Waals surface area (Å²) in [4.78, 5) is 11.2. The van der Waals surface area contributed by atoms with Crippen molar-refractivity contribution in [3.8, 4) is 0 Å². The lowest BCUT2D eigenvalue weighted by atomic mass is 10.3. The van der Waals surface area contributed by atoms with Crippen LogP contribution in [0.15, 0.2) is 5.16 Å². The van der Waals surface area contributed by atoms with Crippen molar-refractivity contribution in [3.63, 3.8) is 0 Å². The number of methoxy groups -OCH3 is 1. The predicted molar refractivity (Wildman–Crippen MR) is 47.5 cm³/mol. The van der Waals surface area contributed by atoms with Gasteiger partial charge >= 0.3 is 0 Å². The van der Waals surface area contributed by atoms with Crippen LogP contribution in [0, 0.1) is 0 Å². The summed E-state index contributed by atoms with van der Waals surface area (Å²) in [5, 5.41) is 13.6. The summed E-state index contributed by atoms with van der Waals surface area (Å²) in [6, 6.07) is -0.505. The largest absolute Gasteiger partial charge is 0.409 e. The molecule has 0 heterocycles. The highest BCUT2D eigenvalue weighted by molar-refractivity contribution is 5.90. The molecule has 0 aliphatic carbocycles. The van der Waals surface area contributed by atoms with E-state index in [9.17, 15) is 4.79 Å². The van der Waals surface area contributed by atoms with Crippen molar-refractivity contribution in [2.45, 2.75) is 26.0 Å². The number of amidine groups is 1. The van der Waals surface area contributed by atoms with E-state index < -0.39 is 12.1 Å². The standard InChI is InChI=1S/C7H15N3O3/c1-4(6(8)10-12)9-7(11)5(2)13-3/h4-5,12H,1-3H3,(H2,8,10)(H,9,11). The van der Waals surface area contributed by atoms with E-state index in [1.165, 1.54) is 7.11 Å². The van der Waals surface area contributed by atoms with Gasteiger partial charge in [0.1, 0.15) is 6.10 Å². The Morgan fingerprint density at radius 1 is 1.62 bits per heavy atom. The van der Waals surface area contributed by atoms with Gasteiger partial charge in [-0.1, -0.05) is 5.16 Å². The van der Waals surface area contributed by atoms with Gasteiger partial charge in [-0.2, -0.15) is 0 Å². The molecule has 0 spiro atoms. The van der Waals surface area contributed by atoms with Gasteiger partial charge in [-0.05, 0) is 13.8 Å². The van der Waals surface area contributed by atoms with Gasteiger partial charge < -0.3 is 21.0 Å². The number of rotatable bonds is 4. The summed E-state index contributed by atoms with van der Waals surface area (Å²) in [6.45, 7) is 3.21. The van der Waals surface area contributed by atoms with Crippen LogP contribution in [0.1, 0.15) is 13.8 Å². The third-order valence-corrected chi connectivity index (χ3v) is 1.64. The van der Waals surface area contributed by atoms with Crippen molar-refractivity contribution in [1.29, 1.82) is 0 Å². The Balaban J connectivity index is 4.06. The summed E-state index contributed by atoms with van der Waals surface area (Å²) < 4.78 is 4.77. The summed E-state index contributed by atoms with van der Waals surface area (Å²) >= 11 is 0. The third kappa shape index (κ3) is 3.75. The van der Waals surface area contributed by atoms with Gasteiger partial charge in [-0.25, -0.2) is 0 Å². The third-order valence-electron chi connectivity index (χ3n) is 1.64. The minimum absolute atomic E-state index is 0.0448. The molecule has 0 aromatic carbocycles. The van der Waals surface area contributed by atoms with Crippen molar-refractivity contribution in [3.05, 3.63) is 0 Å². The Labute approximate surface area is 76.7 Å². The fourth-order valence-corrected chi connectivity index (χ4v) is 0.598. The number of hydrogen-bond donors (Lipinski definition) is 3. The topological polar surface area (TPSA) is 96.9 Å². The van der Waals surface area contributed by atoms with Gasteiger partial charge in [-0.3, -0.25) is 4.79 Å². The van der Waals surface area contributed by atoms with E-state index in [0.717, 1.165) is 0 Å². The van der Waals surface area contributed by atoms with Crippen LogP contribution in [-0.4, -0.2) is 36.2 Å².